The Labute approximate surface area is 105 Å². The molecule has 0 aliphatic rings. The Bertz CT molecular complexity index is 593. The molecule has 0 aliphatic carbocycles. The molecule has 0 saturated carbocycles. The maximum atomic E-state index is 11.4. The quantitative estimate of drug-likeness (QED) is 0.832. The number of rotatable bonds is 4. The maximum absolute atomic E-state index is 11.4. The maximum Gasteiger partial charge on any atom is 0.252 e. The first kappa shape index (κ1) is 11.8. The van der Waals surface area contributed by atoms with Crippen molar-refractivity contribution in [3.8, 4) is 0 Å². The summed E-state index contributed by atoms with van der Waals surface area (Å²) < 4.78 is 0. The van der Waals surface area contributed by atoms with Crippen LogP contribution in [0.3, 0.4) is 0 Å². The van der Waals surface area contributed by atoms with Crippen LogP contribution in [0.25, 0.3) is 0 Å². The molecule has 88 valence electrons. The molecule has 5 nitrogen and oxygen atoms in total. The van der Waals surface area contributed by atoms with E-state index in [4.69, 9.17) is 11.6 Å². The van der Waals surface area contributed by atoms with Gasteiger partial charge in [-0.25, -0.2) is 4.98 Å². The molecule has 0 aliphatic heterocycles. The number of hydrogen-bond donors (Lipinski definition) is 2. The number of carbonyl (C=O) groups is 1. The zero-order valence-electron chi connectivity index (χ0n) is 8.57. The SMILES string of the molecule is O=Cc1sc(NCc2ccc[nH]c2=O)nc1Cl. The van der Waals surface area contributed by atoms with Gasteiger partial charge in [0.2, 0.25) is 0 Å². The molecule has 0 fully saturated rings. The number of aromatic nitrogens is 2. The molecule has 17 heavy (non-hydrogen) atoms. The van der Waals surface area contributed by atoms with E-state index in [2.05, 4.69) is 15.3 Å². The number of nitrogens with zero attached hydrogens (tertiary/aromatic N) is 1. The predicted octanol–water partition coefficient (Wildman–Crippen LogP) is 1.91. The predicted molar refractivity (Wildman–Crippen MR) is 66.9 cm³/mol. The van der Waals surface area contributed by atoms with Gasteiger partial charge in [0, 0.05) is 18.3 Å². The second kappa shape index (κ2) is 5.11. The Balaban J connectivity index is 2.10. The van der Waals surface area contributed by atoms with Crippen LogP contribution in [-0.2, 0) is 6.54 Å². The summed E-state index contributed by atoms with van der Waals surface area (Å²) in [6.07, 6.45) is 2.22. The third-order valence-electron chi connectivity index (χ3n) is 2.05. The molecule has 2 aromatic heterocycles. The van der Waals surface area contributed by atoms with Gasteiger partial charge in [-0.2, -0.15) is 0 Å². The number of anilines is 1. The molecule has 0 saturated heterocycles. The molecule has 2 N–H and O–H groups in total. The van der Waals surface area contributed by atoms with Gasteiger partial charge in [0.05, 0.1) is 0 Å². The molecule has 0 unspecified atom stereocenters. The largest absolute Gasteiger partial charge is 0.357 e. The van der Waals surface area contributed by atoms with Crippen molar-refractivity contribution in [1.82, 2.24) is 9.97 Å². The van der Waals surface area contributed by atoms with Crippen molar-refractivity contribution in [1.29, 1.82) is 0 Å². The van der Waals surface area contributed by atoms with Gasteiger partial charge in [-0.05, 0) is 6.07 Å². The van der Waals surface area contributed by atoms with Crippen LogP contribution >= 0.6 is 22.9 Å². The van der Waals surface area contributed by atoms with Crippen molar-refractivity contribution >= 4 is 34.4 Å². The Kier molecular flexibility index (Phi) is 3.55. The lowest BCUT2D eigenvalue weighted by molar-refractivity contribution is 0.112. The Morgan fingerprint density at radius 1 is 1.59 bits per heavy atom. The monoisotopic (exact) mass is 269 g/mol. The second-order valence-electron chi connectivity index (χ2n) is 3.17. The summed E-state index contributed by atoms with van der Waals surface area (Å²) in [4.78, 5) is 28.8. The minimum absolute atomic E-state index is 0.154. The van der Waals surface area contributed by atoms with Gasteiger partial charge in [-0.15, -0.1) is 0 Å². The minimum Gasteiger partial charge on any atom is -0.357 e. The van der Waals surface area contributed by atoms with Crippen LogP contribution in [-0.4, -0.2) is 16.3 Å². The van der Waals surface area contributed by atoms with E-state index < -0.39 is 0 Å². The third-order valence-corrected chi connectivity index (χ3v) is 3.39. The first-order valence-electron chi connectivity index (χ1n) is 4.72. The molecule has 0 radical (unpaired) electrons. The Morgan fingerprint density at radius 3 is 3.06 bits per heavy atom. The van der Waals surface area contributed by atoms with Crippen molar-refractivity contribution in [2.45, 2.75) is 6.54 Å². The van der Waals surface area contributed by atoms with Crippen LogP contribution in [0.2, 0.25) is 5.15 Å². The average molecular weight is 270 g/mol. The van der Waals surface area contributed by atoms with E-state index >= 15 is 0 Å². The van der Waals surface area contributed by atoms with Crippen LogP contribution < -0.4 is 10.9 Å². The highest BCUT2D eigenvalue weighted by molar-refractivity contribution is 7.17. The summed E-state index contributed by atoms with van der Waals surface area (Å²) in [7, 11) is 0. The molecule has 2 heterocycles. The number of H-pyrrole nitrogens is 1. The number of thiazole rings is 1. The Morgan fingerprint density at radius 2 is 2.41 bits per heavy atom. The van der Waals surface area contributed by atoms with E-state index in [-0.39, 0.29) is 10.7 Å². The van der Waals surface area contributed by atoms with Crippen molar-refractivity contribution in [3.63, 3.8) is 0 Å². The van der Waals surface area contributed by atoms with Crippen molar-refractivity contribution in [3.05, 3.63) is 44.3 Å². The molecule has 7 heteroatoms. The van der Waals surface area contributed by atoms with E-state index in [0.29, 0.717) is 28.4 Å². The fraction of sp³-hybridized carbons (Fsp3) is 0.100. The summed E-state index contributed by atoms with van der Waals surface area (Å²) in [5.41, 5.74) is 0.435. The highest BCUT2D eigenvalue weighted by Crippen LogP contribution is 2.25. The van der Waals surface area contributed by atoms with Crippen LogP contribution in [0.15, 0.2) is 23.1 Å². The van der Waals surface area contributed by atoms with Crippen LogP contribution in [0.1, 0.15) is 15.2 Å². The number of aromatic amines is 1. The fourth-order valence-corrected chi connectivity index (χ4v) is 2.19. The number of pyridine rings is 1. The molecule has 0 amide bonds. The van der Waals surface area contributed by atoms with Gasteiger partial charge in [0.15, 0.2) is 16.6 Å². The Hall–Kier alpha value is -1.66. The topological polar surface area (TPSA) is 74.8 Å². The summed E-state index contributed by atoms with van der Waals surface area (Å²) in [5.74, 6) is 0. The van der Waals surface area contributed by atoms with Crippen molar-refractivity contribution < 1.29 is 4.79 Å². The van der Waals surface area contributed by atoms with Crippen LogP contribution in [0.4, 0.5) is 5.13 Å². The van der Waals surface area contributed by atoms with Gasteiger partial charge in [-0.1, -0.05) is 29.0 Å². The molecule has 2 rings (SSSR count). The van der Waals surface area contributed by atoms with E-state index in [1.165, 1.54) is 0 Å². The third kappa shape index (κ3) is 2.72. The van der Waals surface area contributed by atoms with Gasteiger partial charge in [-0.3, -0.25) is 9.59 Å². The van der Waals surface area contributed by atoms with Crippen LogP contribution in [0.5, 0.6) is 0 Å². The fourth-order valence-electron chi connectivity index (χ4n) is 1.23. The van der Waals surface area contributed by atoms with E-state index in [0.717, 1.165) is 11.3 Å². The van der Waals surface area contributed by atoms with Gasteiger partial charge in [0.1, 0.15) is 4.88 Å². The lowest BCUT2D eigenvalue weighted by Crippen LogP contribution is -2.14. The zero-order valence-corrected chi connectivity index (χ0v) is 10.1. The van der Waals surface area contributed by atoms with Gasteiger partial charge in [0.25, 0.3) is 5.56 Å². The van der Waals surface area contributed by atoms with Crippen LogP contribution in [0, 0.1) is 0 Å². The van der Waals surface area contributed by atoms with E-state index in [1.807, 2.05) is 0 Å². The lowest BCUT2D eigenvalue weighted by atomic mass is 10.3. The minimum atomic E-state index is -0.154. The summed E-state index contributed by atoms with van der Waals surface area (Å²) in [5, 5.41) is 3.63. The first-order chi connectivity index (χ1) is 8.20. The van der Waals surface area contributed by atoms with E-state index in [1.54, 1.807) is 18.3 Å². The normalized spacial score (nSPS) is 10.2. The summed E-state index contributed by atoms with van der Waals surface area (Å²) in [6, 6.07) is 3.45. The van der Waals surface area contributed by atoms with Crippen molar-refractivity contribution in [2.75, 3.05) is 5.32 Å². The molecule has 0 spiro atoms. The lowest BCUT2D eigenvalue weighted by Gasteiger charge is -2.00. The first-order valence-corrected chi connectivity index (χ1v) is 5.92. The second-order valence-corrected chi connectivity index (χ2v) is 4.56. The van der Waals surface area contributed by atoms with Gasteiger partial charge >= 0.3 is 0 Å². The van der Waals surface area contributed by atoms with E-state index in [9.17, 15) is 9.59 Å². The smallest absolute Gasteiger partial charge is 0.252 e. The molecule has 0 bridgehead atoms. The molecular weight excluding hydrogens is 262 g/mol. The van der Waals surface area contributed by atoms with Crippen molar-refractivity contribution in [2.24, 2.45) is 0 Å². The molecule has 2 aromatic rings. The summed E-state index contributed by atoms with van der Waals surface area (Å²) in [6.45, 7) is 0.332. The zero-order chi connectivity index (χ0) is 12.3. The standard InChI is InChI=1S/C10H8ClN3O2S/c11-8-7(5-15)17-10(14-8)13-4-6-2-1-3-12-9(6)16/h1-3,5H,4H2,(H,12,16)(H,13,14). The highest BCUT2D eigenvalue weighted by Gasteiger charge is 2.08. The number of nitrogens with one attached hydrogen (secondary N) is 2. The van der Waals surface area contributed by atoms with Gasteiger partial charge < -0.3 is 10.3 Å². The number of aldehydes is 1. The molecule has 0 aromatic carbocycles. The highest BCUT2D eigenvalue weighted by atomic mass is 35.5. The number of halogens is 1. The average Bonchev–Trinajstić information content (AvgIpc) is 2.69. The number of carbonyl (C=O) groups excluding carboxylic acids is 1. The number of hydrogen-bond acceptors (Lipinski definition) is 5. The molecular formula is C10H8ClN3O2S. The summed E-state index contributed by atoms with van der Waals surface area (Å²) >= 11 is 6.87. The molecule has 0 atom stereocenters.